The first-order valence-corrected chi connectivity index (χ1v) is 3.93. The summed E-state index contributed by atoms with van der Waals surface area (Å²) in [5.74, 6) is 0. The zero-order valence-corrected chi connectivity index (χ0v) is 7.66. The molecule has 0 aliphatic carbocycles. The van der Waals surface area contributed by atoms with Crippen molar-refractivity contribution in [1.82, 2.24) is 4.98 Å². The first-order valence-electron chi connectivity index (χ1n) is 2.79. The molecule has 1 aromatic heterocycles. The highest BCUT2D eigenvalue weighted by Gasteiger charge is 2.26. The fourth-order valence-corrected chi connectivity index (χ4v) is 1.13. The van der Waals surface area contributed by atoms with Gasteiger partial charge in [-0.1, -0.05) is 34.8 Å². The van der Waals surface area contributed by atoms with Crippen molar-refractivity contribution in [1.29, 1.82) is 0 Å². The summed E-state index contributed by atoms with van der Waals surface area (Å²) in [5, 5.41) is 0. The van der Waals surface area contributed by atoms with Crippen LogP contribution in [0.2, 0.25) is 0 Å². The van der Waals surface area contributed by atoms with E-state index in [0.29, 0.717) is 5.69 Å². The van der Waals surface area contributed by atoms with Gasteiger partial charge in [-0.15, -0.1) is 0 Å². The molecule has 11 heavy (non-hydrogen) atoms. The van der Waals surface area contributed by atoms with E-state index in [1.54, 1.807) is 12.1 Å². The van der Waals surface area contributed by atoms with Crippen LogP contribution < -0.4 is 5.73 Å². The number of nitrogens with two attached hydrogens (primary N) is 1. The number of hydrogen-bond acceptors (Lipinski definition) is 2. The molecule has 0 saturated carbocycles. The quantitative estimate of drug-likeness (QED) is 0.670. The molecule has 2 N–H and O–H groups in total. The van der Waals surface area contributed by atoms with Gasteiger partial charge in [-0.05, 0) is 12.1 Å². The first-order chi connectivity index (χ1) is 5.02. The highest BCUT2D eigenvalue weighted by Crippen LogP contribution is 2.39. The smallest absolute Gasteiger partial charge is 0.234 e. The standard InChI is InChI=1S/C6H5Cl3N2/c7-6(8,9)5-4(10)2-1-3-11-5/h1-3H,10H2. The third kappa shape index (κ3) is 2.12. The van der Waals surface area contributed by atoms with Crippen molar-refractivity contribution in [2.45, 2.75) is 3.79 Å². The topological polar surface area (TPSA) is 38.9 Å². The van der Waals surface area contributed by atoms with Gasteiger partial charge >= 0.3 is 0 Å². The highest BCUT2D eigenvalue weighted by molar-refractivity contribution is 6.66. The zero-order chi connectivity index (χ0) is 8.48. The molecule has 0 unspecified atom stereocenters. The summed E-state index contributed by atoms with van der Waals surface area (Å²) in [7, 11) is 0. The maximum Gasteiger partial charge on any atom is 0.234 e. The molecule has 0 saturated heterocycles. The van der Waals surface area contributed by atoms with Crippen molar-refractivity contribution < 1.29 is 0 Å². The largest absolute Gasteiger partial charge is 0.397 e. The Morgan fingerprint density at radius 3 is 2.36 bits per heavy atom. The molecule has 0 aromatic carbocycles. The summed E-state index contributed by atoms with van der Waals surface area (Å²) >= 11 is 16.7. The number of alkyl halides is 3. The van der Waals surface area contributed by atoms with Crippen molar-refractivity contribution in [3.05, 3.63) is 24.0 Å². The van der Waals surface area contributed by atoms with E-state index in [2.05, 4.69) is 4.98 Å². The Labute approximate surface area is 79.3 Å². The van der Waals surface area contributed by atoms with Crippen LogP contribution in [0.25, 0.3) is 0 Å². The lowest BCUT2D eigenvalue weighted by atomic mass is 10.3. The number of pyridine rings is 1. The Morgan fingerprint density at radius 2 is 2.00 bits per heavy atom. The molecule has 0 radical (unpaired) electrons. The summed E-state index contributed by atoms with van der Waals surface area (Å²) < 4.78 is -1.54. The molecule has 2 nitrogen and oxygen atoms in total. The summed E-state index contributed by atoms with van der Waals surface area (Å²) in [6, 6.07) is 3.31. The molecular weight excluding hydrogens is 206 g/mol. The Kier molecular flexibility index (Phi) is 2.47. The molecular formula is C6H5Cl3N2. The van der Waals surface area contributed by atoms with Gasteiger partial charge in [0.05, 0.1) is 5.69 Å². The van der Waals surface area contributed by atoms with E-state index in [-0.39, 0.29) is 5.69 Å². The van der Waals surface area contributed by atoms with Gasteiger partial charge in [-0.2, -0.15) is 0 Å². The highest BCUT2D eigenvalue weighted by atomic mass is 35.6. The number of anilines is 1. The number of rotatable bonds is 0. The van der Waals surface area contributed by atoms with Crippen LogP contribution in [0.5, 0.6) is 0 Å². The SMILES string of the molecule is Nc1cccnc1C(Cl)(Cl)Cl. The van der Waals surface area contributed by atoms with Gasteiger partial charge in [0.15, 0.2) is 0 Å². The van der Waals surface area contributed by atoms with Gasteiger partial charge in [-0.3, -0.25) is 4.98 Å². The van der Waals surface area contributed by atoms with Crippen LogP contribution >= 0.6 is 34.8 Å². The Balaban J connectivity index is 3.14. The third-order valence-corrected chi connectivity index (χ3v) is 1.64. The monoisotopic (exact) mass is 210 g/mol. The lowest BCUT2D eigenvalue weighted by Crippen LogP contribution is -2.07. The van der Waals surface area contributed by atoms with Crippen LogP contribution in [0.4, 0.5) is 5.69 Å². The molecule has 0 bridgehead atoms. The summed E-state index contributed by atoms with van der Waals surface area (Å²) in [6.07, 6.45) is 1.52. The molecule has 60 valence electrons. The molecule has 0 fully saturated rings. The normalized spacial score (nSPS) is 11.5. The van der Waals surface area contributed by atoms with Crippen LogP contribution in [0, 0.1) is 0 Å². The number of halogens is 3. The van der Waals surface area contributed by atoms with Crippen LogP contribution in [0.1, 0.15) is 5.69 Å². The fourth-order valence-electron chi connectivity index (χ4n) is 0.655. The van der Waals surface area contributed by atoms with Crippen LogP contribution in [0.15, 0.2) is 18.3 Å². The van der Waals surface area contributed by atoms with Gasteiger partial charge in [0, 0.05) is 6.20 Å². The Hall–Kier alpha value is -0.180. The van der Waals surface area contributed by atoms with Crippen molar-refractivity contribution in [3.8, 4) is 0 Å². The van der Waals surface area contributed by atoms with E-state index < -0.39 is 3.79 Å². The predicted molar refractivity (Wildman–Crippen MR) is 47.9 cm³/mol. The molecule has 1 rings (SSSR count). The number of nitrogen functional groups attached to an aromatic ring is 1. The summed E-state index contributed by atoms with van der Waals surface area (Å²) in [6.45, 7) is 0. The third-order valence-electron chi connectivity index (χ3n) is 1.11. The summed E-state index contributed by atoms with van der Waals surface area (Å²) in [4.78, 5) is 3.83. The van der Waals surface area contributed by atoms with Gasteiger partial charge in [0.25, 0.3) is 0 Å². The lowest BCUT2D eigenvalue weighted by Gasteiger charge is -2.11. The number of hydrogen-bond donors (Lipinski definition) is 1. The Bertz CT molecular complexity index is 256. The van der Waals surface area contributed by atoms with Gasteiger partial charge in [0.1, 0.15) is 5.69 Å². The van der Waals surface area contributed by atoms with E-state index in [1.165, 1.54) is 6.20 Å². The van der Waals surface area contributed by atoms with Gasteiger partial charge < -0.3 is 5.73 Å². The maximum atomic E-state index is 5.55. The van der Waals surface area contributed by atoms with E-state index in [0.717, 1.165) is 0 Å². The predicted octanol–water partition coefficient (Wildman–Crippen LogP) is 2.49. The van der Waals surface area contributed by atoms with Crippen molar-refractivity contribution in [2.75, 3.05) is 5.73 Å². The minimum atomic E-state index is -1.54. The Morgan fingerprint density at radius 1 is 1.36 bits per heavy atom. The van der Waals surface area contributed by atoms with Gasteiger partial charge in [-0.25, -0.2) is 0 Å². The lowest BCUT2D eigenvalue weighted by molar-refractivity contribution is 1.09. The average Bonchev–Trinajstić information content (AvgIpc) is 1.86. The second-order valence-electron chi connectivity index (χ2n) is 1.94. The average molecular weight is 211 g/mol. The number of nitrogens with zero attached hydrogens (tertiary/aromatic N) is 1. The fraction of sp³-hybridized carbons (Fsp3) is 0.167. The van der Waals surface area contributed by atoms with E-state index in [9.17, 15) is 0 Å². The zero-order valence-electron chi connectivity index (χ0n) is 5.39. The second-order valence-corrected chi connectivity index (χ2v) is 4.22. The molecule has 1 heterocycles. The van der Waals surface area contributed by atoms with Crippen molar-refractivity contribution in [3.63, 3.8) is 0 Å². The van der Waals surface area contributed by atoms with Crippen LogP contribution in [-0.2, 0) is 3.79 Å². The molecule has 1 aromatic rings. The van der Waals surface area contributed by atoms with E-state index in [4.69, 9.17) is 40.5 Å². The van der Waals surface area contributed by atoms with Crippen LogP contribution in [-0.4, -0.2) is 4.98 Å². The molecule has 0 amide bonds. The first kappa shape index (κ1) is 8.91. The molecule has 5 heteroatoms. The minimum Gasteiger partial charge on any atom is -0.397 e. The van der Waals surface area contributed by atoms with E-state index >= 15 is 0 Å². The number of aromatic nitrogens is 1. The second kappa shape index (κ2) is 3.05. The van der Waals surface area contributed by atoms with Crippen molar-refractivity contribution in [2.24, 2.45) is 0 Å². The van der Waals surface area contributed by atoms with E-state index in [1.807, 2.05) is 0 Å². The molecule has 0 atom stereocenters. The molecule has 0 aliphatic rings. The van der Waals surface area contributed by atoms with Crippen molar-refractivity contribution >= 4 is 40.5 Å². The molecule has 0 aliphatic heterocycles. The maximum absolute atomic E-state index is 5.55. The summed E-state index contributed by atoms with van der Waals surface area (Å²) in [5.41, 5.74) is 6.14. The van der Waals surface area contributed by atoms with Crippen LogP contribution in [0.3, 0.4) is 0 Å². The van der Waals surface area contributed by atoms with Gasteiger partial charge in [0.2, 0.25) is 3.79 Å². The minimum absolute atomic E-state index is 0.269. The molecule has 0 spiro atoms.